The Morgan fingerprint density at radius 2 is 1.95 bits per heavy atom. The van der Waals surface area contributed by atoms with Crippen LogP contribution in [0.4, 0.5) is 0 Å². The molecule has 1 aromatic carbocycles. The first-order valence-electron chi connectivity index (χ1n) is 6.83. The van der Waals surface area contributed by atoms with E-state index in [1.165, 1.54) is 37.3 Å². The van der Waals surface area contributed by atoms with Gasteiger partial charge in [-0.1, -0.05) is 12.1 Å². The Balaban J connectivity index is 0.00000133. The second-order valence-electron chi connectivity index (χ2n) is 5.68. The second kappa shape index (κ2) is 6.12. The molecule has 2 saturated heterocycles. The van der Waals surface area contributed by atoms with Crippen LogP contribution in [0.25, 0.3) is 0 Å². The minimum absolute atomic E-state index is 0. The number of halogens is 1. The van der Waals surface area contributed by atoms with Crippen molar-refractivity contribution in [3.05, 3.63) is 29.3 Å². The van der Waals surface area contributed by atoms with Crippen LogP contribution in [-0.4, -0.2) is 38.2 Å². The third-order valence-electron chi connectivity index (χ3n) is 4.33. The van der Waals surface area contributed by atoms with Crippen LogP contribution in [0.5, 0.6) is 5.75 Å². The summed E-state index contributed by atoms with van der Waals surface area (Å²) < 4.78 is 5.31. The van der Waals surface area contributed by atoms with Crippen molar-refractivity contribution < 1.29 is 4.74 Å². The molecule has 106 valence electrons. The molecule has 4 heteroatoms. The Labute approximate surface area is 121 Å². The highest BCUT2D eigenvalue weighted by Crippen LogP contribution is 2.28. The lowest BCUT2D eigenvalue weighted by Crippen LogP contribution is -2.25. The molecule has 0 aromatic heterocycles. The number of rotatable bonds is 3. The molecule has 2 aliphatic heterocycles. The molecule has 1 N–H and O–H groups in total. The van der Waals surface area contributed by atoms with Crippen LogP contribution in [0.15, 0.2) is 18.2 Å². The lowest BCUT2D eigenvalue weighted by Gasteiger charge is -2.17. The molecule has 2 heterocycles. The van der Waals surface area contributed by atoms with Gasteiger partial charge in [0.2, 0.25) is 0 Å². The highest BCUT2D eigenvalue weighted by atomic mass is 35.5. The third kappa shape index (κ3) is 3.04. The van der Waals surface area contributed by atoms with Crippen molar-refractivity contribution in [1.82, 2.24) is 10.2 Å². The zero-order chi connectivity index (χ0) is 12.5. The molecule has 2 fully saturated rings. The van der Waals surface area contributed by atoms with Crippen LogP contribution in [-0.2, 0) is 6.54 Å². The fourth-order valence-corrected chi connectivity index (χ4v) is 3.38. The summed E-state index contributed by atoms with van der Waals surface area (Å²) in [7, 11) is 1.73. The zero-order valence-corrected chi connectivity index (χ0v) is 12.5. The van der Waals surface area contributed by atoms with Crippen LogP contribution in [0.1, 0.15) is 11.1 Å². The van der Waals surface area contributed by atoms with Crippen LogP contribution in [0.3, 0.4) is 0 Å². The Hall–Kier alpha value is -0.770. The lowest BCUT2D eigenvalue weighted by molar-refractivity contribution is 0.305. The van der Waals surface area contributed by atoms with Crippen molar-refractivity contribution in [3.63, 3.8) is 0 Å². The first-order valence-corrected chi connectivity index (χ1v) is 6.83. The molecule has 0 saturated carbocycles. The maximum Gasteiger partial charge on any atom is 0.121 e. The molecular weight excluding hydrogens is 260 g/mol. The molecule has 1 aromatic rings. The van der Waals surface area contributed by atoms with E-state index in [2.05, 4.69) is 35.3 Å². The summed E-state index contributed by atoms with van der Waals surface area (Å²) in [6.07, 6.45) is 0. The minimum atomic E-state index is 0. The summed E-state index contributed by atoms with van der Waals surface area (Å²) >= 11 is 0. The SMILES string of the molecule is COc1ccc(CN2C[C@H]3CNC[C@H]3C2)cc1C.Cl. The molecule has 2 aliphatic rings. The van der Waals surface area contributed by atoms with Gasteiger partial charge in [0, 0.05) is 19.6 Å². The summed E-state index contributed by atoms with van der Waals surface area (Å²) in [6, 6.07) is 6.53. The number of nitrogens with zero attached hydrogens (tertiary/aromatic N) is 1. The average molecular weight is 283 g/mol. The highest BCUT2D eigenvalue weighted by Gasteiger charge is 2.35. The Kier molecular flexibility index (Phi) is 4.71. The van der Waals surface area contributed by atoms with E-state index in [9.17, 15) is 0 Å². The van der Waals surface area contributed by atoms with Crippen molar-refractivity contribution in [2.24, 2.45) is 11.8 Å². The number of likely N-dealkylation sites (tertiary alicyclic amines) is 1. The maximum absolute atomic E-state index is 5.31. The van der Waals surface area contributed by atoms with Crippen molar-refractivity contribution in [2.45, 2.75) is 13.5 Å². The van der Waals surface area contributed by atoms with Gasteiger partial charge < -0.3 is 10.1 Å². The largest absolute Gasteiger partial charge is 0.496 e. The molecule has 0 spiro atoms. The quantitative estimate of drug-likeness (QED) is 0.919. The van der Waals surface area contributed by atoms with Gasteiger partial charge in [0.25, 0.3) is 0 Å². The number of hydrogen-bond acceptors (Lipinski definition) is 3. The number of benzene rings is 1. The van der Waals surface area contributed by atoms with Crippen LogP contribution in [0, 0.1) is 18.8 Å². The van der Waals surface area contributed by atoms with Crippen molar-refractivity contribution in [2.75, 3.05) is 33.3 Å². The predicted molar refractivity (Wildman–Crippen MR) is 80.1 cm³/mol. The molecule has 3 rings (SSSR count). The van der Waals surface area contributed by atoms with E-state index in [-0.39, 0.29) is 12.4 Å². The average Bonchev–Trinajstić information content (AvgIpc) is 2.90. The fraction of sp³-hybridized carbons (Fsp3) is 0.600. The van der Waals surface area contributed by atoms with Crippen molar-refractivity contribution >= 4 is 12.4 Å². The molecule has 3 nitrogen and oxygen atoms in total. The van der Waals surface area contributed by atoms with Gasteiger partial charge in [-0.2, -0.15) is 0 Å². The molecule has 2 atom stereocenters. The Morgan fingerprint density at radius 1 is 1.26 bits per heavy atom. The van der Waals surface area contributed by atoms with Gasteiger partial charge in [-0.15, -0.1) is 12.4 Å². The van der Waals surface area contributed by atoms with Gasteiger partial charge >= 0.3 is 0 Å². The van der Waals surface area contributed by atoms with E-state index in [0.717, 1.165) is 24.1 Å². The van der Waals surface area contributed by atoms with Crippen LogP contribution < -0.4 is 10.1 Å². The molecular formula is C15H23ClN2O. The number of aryl methyl sites for hydroxylation is 1. The number of nitrogens with one attached hydrogen (secondary N) is 1. The van der Waals surface area contributed by atoms with Crippen LogP contribution >= 0.6 is 12.4 Å². The van der Waals surface area contributed by atoms with Gasteiger partial charge in [0.1, 0.15) is 5.75 Å². The van der Waals surface area contributed by atoms with Gasteiger partial charge in [-0.3, -0.25) is 4.90 Å². The highest BCUT2D eigenvalue weighted by molar-refractivity contribution is 5.85. The topological polar surface area (TPSA) is 24.5 Å². The predicted octanol–water partition coefficient (Wildman–Crippen LogP) is 2.08. The van der Waals surface area contributed by atoms with E-state index in [4.69, 9.17) is 4.74 Å². The first kappa shape index (κ1) is 14.6. The fourth-order valence-electron chi connectivity index (χ4n) is 3.38. The monoisotopic (exact) mass is 282 g/mol. The van der Waals surface area contributed by atoms with Crippen LogP contribution in [0.2, 0.25) is 0 Å². The summed E-state index contributed by atoms with van der Waals surface area (Å²) in [5.41, 5.74) is 2.64. The second-order valence-corrected chi connectivity index (χ2v) is 5.68. The summed E-state index contributed by atoms with van der Waals surface area (Å²) in [5, 5.41) is 3.49. The van der Waals surface area contributed by atoms with Crippen molar-refractivity contribution in [1.29, 1.82) is 0 Å². The van der Waals surface area contributed by atoms with E-state index in [0.29, 0.717) is 0 Å². The van der Waals surface area contributed by atoms with E-state index >= 15 is 0 Å². The zero-order valence-electron chi connectivity index (χ0n) is 11.7. The van der Waals surface area contributed by atoms with Crippen molar-refractivity contribution in [3.8, 4) is 5.75 Å². The smallest absolute Gasteiger partial charge is 0.121 e. The number of methoxy groups -OCH3 is 1. The molecule has 0 radical (unpaired) electrons. The molecule has 0 amide bonds. The minimum Gasteiger partial charge on any atom is -0.496 e. The molecule has 0 bridgehead atoms. The number of hydrogen-bond donors (Lipinski definition) is 1. The van der Waals surface area contributed by atoms with Gasteiger partial charge in [-0.25, -0.2) is 0 Å². The van der Waals surface area contributed by atoms with E-state index in [1.807, 2.05) is 0 Å². The molecule has 19 heavy (non-hydrogen) atoms. The normalized spacial score (nSPS) is 26.0. The maximum atomic E-state index is 5.31. The van der Waals surface area contributed by atoms with Gasteiger partial charge in [0.05, 0.1) is 7.11 Å². The number of fused-ring (bicyclic) bond motifs is 1. The third-order valence-corrected chi connectivity index (χ3v) is 4.33. The first-order chi connectivity index (χ1) is 8.76. The standard InChI is InChI=1S/C15H22N2O.ClH/c1-11-5-12(3-4-15(11)18-2)8-17-9-13-6-16-7-14(13)10-17;/h3-5,13-14,16H,6-10H2,1-2H3;1H/t13-,14+;. The Morgan fingerprint density at radius 3 is 2.53 bits per heavy atom. The lowest BCUT2D eigenvalue weighted by atomic mass is 10.0. The number of ether oxygens (including phenoxy) is 1. The summed E-state index contributed by atoms with van der Waals surface area (Å²) in [6.45, 7) is 8.12. The molecule has 0 aliphatic carbocycles. The summed E-state index contributed by atoms with van der Waals surface area (Å²) in [4.78, 5) is 2.59. The Bertz CT molecular complexity index is 426. The van der Waals surface area contributed by atoms with Gasteiger partial charge in [-0.05, 0) is 49.0 Å². The molecule has 0 unspecified atom stereocenters. The van der Waals surface area contributed by atoms with Gasteiger partial charge in [0.15, 0.2) is 0 Å². The van der Waals surface area contributed by atoms with E-state index in [1.54, 1.807) is 7.11 Å². The summed E-state index contributed by atoms with van der Waals surface area (Å²) in [5.74, 6) is 2.75. The van der Waals surface area contributed by atoms with E-state index < -0.39 is 0 Å².